The summed E-state index contributed by atoms with van der Waals surface area (Å²) in [6.45, 7) is 5.72. The van der Waals surface area contributed by atoms with E-state index >= 15 is 0 Å². The highest BCUT2D eigenvalue weighted by Gasteiger charge is 1.99. The van der Waals surface area contributed by atoms with Gasteiger partial charge in [-0.15, -0.1) is 0 Å². The van der Waals surface area contributed by atoms with Crippen LogP contribution in [0.15, 0.2) is 42.5 Å². The van der Waals surface area contributed by atoms with Gasteiger partial charge in [0.25, 0.3) is 0 Å². The van der Waals surface area contributed by atoms with Crippen molar-refractivity contribution in [1.82, 2.24) is 4.98 Å². The van der Waals surface area contributed by atoms with E-state index in [1.165, 1.54) is 5.56 Å². The molecule has 1 aromatic heterocycles. The largest absolute Gasteiger partial charge is 0.487 e. The minimum atomic E-state index is 0.493. The van der Waals surface area contributed by atoms with Crippen LogP contribution in [0.3, 0.4) is 0 Å². The third-order valence-electron chi connectivity index (χ3n) is 3.08. The molecule has 0 bridgehead atoms. The summed E-state index contributed by atoms with van der Waals surface area (Å²) in [6.07, 6.45) is 2.14. The number of benzene rings is 1. The van der Waals surface area contributed by atoms with E-state index in [1.54, 1.807) is 0 Å². The zero-order valence-corrected chi connectivity index (χ0v) is 12.2. The first-order valence-electron chi connectivity index (χ1n) is 7.23. The quantitative estimate of drug-likeness (QED) is 0.824. The second kappa shape index (κ2) is 7.53. The summed E-state index contributed by atoms with van der Waals surface area (Å²) in [5, 5.41) is 3.28. The molecule has 3 nitrogen and oxygen atoms in total. The fourth-order valence-corrected chi connectivity index (χ4v) is 1.89. The number of aryl methyl sites for hydroxylation is 1. The van der Waals surface area contributed by atoms with Crippen LogP contribution in [0, 0.1) is 0 Å². The summed E-state index contributed by atoms with van der Waals surface area (Å²) >= 11 is 0. The van der Waals surface area contributed by atoms with Crippen LogP contribution in [0.5, 0.6) is 5.75 Å². The Labute approximate surface area is 121 Å². The summed E-state index contributed by atoms with van der Waals surface area (Å²) in [4.78, 5) is 4.52. The van der Waals surface area contributed by atoms with E-state index in [1.807, 2.05) is 30.3 Å². The van der Waals surface area contributed by atoms with Crippen molar-refractivity contribution in [2.45, 2.75) is 33.3 Å². The van der Waals surface area contributed by atoms with Gasteiger partial charge < -0.3 is 10.1 Å². The molecule has 2 aromatic rings. The van der Waals surface area contributed by atoms with Crippen molar-refractivity contribution in [1.29, 1.82) is 0 Å². The highest BCUT2D eigenvalue weighted by Crippen LogP contribution is 2.14. The lowest BCUT2D eigenvalue weighted by Crippen LogP contribution is -2.04. The van der Waals surface area contributed by atoms with Gasteiger partial charge in [-0.05, 0) is 42.7 Å². The standard InChI is InChI=1S/C17H22N2O/c1-3-12-18-17-7-5-6-15(19-17)13-20-16-10-8-14(4-2)9-11-16/h5-11H,3-4,12-13H2,1-2H3,(H,18,19). The highest BCUT2D eigenvalue weighted by molar-refractivity contribution is 5.35. The molecule has 3 heteroatoms. The fourth-order valence-electron chi connectivity index (χ4n) is 1.89. The molecule has 0 saturated carbocycles. The first-order chi connectivity index (χ1) is 9.81. The molecule has 20 heavy (non-hydrogen) atoms. The number of rotatable bonds is 7. The molecule has 0 aliphatic heterocycles. The maximum Gasteiger partial charge on any atom is 0.130 e. The zero-order valence-electron chi connectivity index (χ0n) is 12.2. The van der Waals surface area contributed by atoms with Gasteiger partial charge in [-0.1, -0.05) is 32.0 Å². The van der Waals surface area contributed by atoms with Gasteiger partial charge in [0.2, 0.25) is 0 Å². The second-order valence-electron chi connectivity index (χ2n) is 4.73. The number of ether oxygens (including phenoxy) is 1. The molecule has 106 valence electrons. The summed E-state index contributed by atoms with van der Waals surface area (Å²) in [5.41, 5.74) is 2.26. The van der Waals surface area contributed by atoms with Gasteiger partial charge in [0.1, 0.15) is 18.2 Å². The van der Waals surface area contributed by atoms with Crippen molar-refractivity contribution >= 4 is 5.82 Å². The van der Waals surface area contributed by atoms with Gasteiger partial charge in [-0.25, -0.2) is 4.98 Å². The smallest absolute Gasteiger partial charge is 0.130 e. The Morgan fingerprint density at radius 3 is 2.55 bits per heavy atom. The van der Waals surface area contributed by atoms with Crippen molar-refractivity contribution in [3.8, 4) is 5.75 Å². The molecule has 1 N–H and O–H groups in total. The number of anilines is 1. The molecule has 0 saturated heterocycles. The fraction of sp³-hybridized carbons (Fsp3) is 0.353. The molecule has 0 aliphatic rings. The summed E-state index contributed by atoms with van der Waals surface area (Å²) in [5.74, 6) is 1.80. The van der Waals surface area contributed by atoms with Crippen LogP contribution in [-0.4, -0.2) is 11.5 Å². The van der Waals surface area contributed by atoms with Crippen LogP contribution >= 0.6 is 0 Å². The third-order valence-corrected chi connectivity index (χ3v) is 3.08. The number of aromatic nitrogens is 1. The molecule has 0 radical (unpaired) electrons. The maximum atomic E-state index is 5.76. The topological polar surface area (TPSA) is 34.1 Å². The van der Waals surface area contributed by atoms with Gasteiger partial charge in [-0.3, -0.25) is 0 Å². The molecule has 0 amide bonds. The van der Waals surface area contributed by atoms with Gasteiger partial charge in [-0.2, -0.15) is 0 Å². The maximum absolute atomic E-state index is 5.76. The van der Waals surface area contributed by atoms with Gasteiger partial charge >= 0.3 is 0 Å². The Kier molecular flexibility index (Phi) is 5.42. The average molecular weight is 270 g/mol. The van der Waals surface area contributed by atoms with E-state index in [2.05, 4.69) is 36.3 Å². The Hall–Kier alpha value is -2.03. The van der Waals surface area contributed by atoms with Crippen LogP contribution in [0.4, 0.5) is 5.82 Å². The number of hydrogen-bond donors (Lipinski definition) is 1. The number of nitrogens with one attached hydrogen (secondary N) is 1. The first-order valence-corrected chi connectivity index (χ1v) is 7.23. The normalized spacial score (nSPS) is 10.3. The SMILES string of the molecule is CCCNc1cccc(COc2ccc(CC)cc2)n1. The molecule has 0 fully saturated rings. The Bertz CT molecular complexity index is 523. The highest BCUT2D eigenvalue weighted by atomic mass is 16.5. The van der Waals surface area contributed by atoms with E-state index in [9.17, 15) is 0 Å². The predicted octanol–water partition coefficient (Wildman–Crippen LogP) is 4.04. The molecule has 0 spiro atoms. The molecule has 0 atom stereocenters. The lowest BCUT2D eigenvalue weighted by molar-refractivity contribution is 0.301. The minimum absolute atomic E-state index is 0.493. The van der Waals surface area contributed by atoms with Gasteiger partial charge in [0.15, 0.2) is 0 Å². The number of pyridine rings is 1. The molecule has 1 aromatic carbocycles. The Morgan fingerprint density at radius 1 is 1.05 bits per heavy atom. The first kappa shape index (κ1) is 14.4. The molecule has 0 unspecified atom stereocenters. The van der Waals surface area contributed by atoms with Crippen LogP contribution in [-0.2, 0) is 13.0 Å². The summed E-state index contributed by atoms with van der Waals surface area (Å²) in [6, 6.07) is 14.2. The minimum Gasteiger partial charge on any atom is -0.487 e. The third kappa shape index (κ3) is 4.26. The average Bonchev–Trinajstić information content (AvgIpc) is 2.52. The van der Waals surface area contributed by atoms with E-state index in [0.29, 0.717) is 6.61 Å². The van der Waals surface area contributed by atoms with Gasteiger partial charge in [0.05, 0.1) is 5.69 Å². The number of nitrogens with zero attached hydrogens (tertiary/aromatic N) is 1. The van der Waals surface area contributed by atoms with Crippen molar-refractivity contribution in [2.75, 3.05) is 11.9 Å². The summed E-state index contributed by atoms with van der Waals surface area (Å²) in [7, 11) is 0. The van der Waals surface area contributed by atoms with Crippen LogP contribution in [0.2, 0.25) is 0 Å². The van der Waals surface area contributed by atoms with E-state index in [4.69, 9.17) is 4.74 Å². The van der Waals surface area contributed by atoms with Crippen molar-refractivity contribution in [2.24, 2.45) is 0 Å². The molecule has 1 heterocycles. The lowest BCUT2D eigenvalue weighted by Gasteiger charge is -2.08. The molecular weight excluding hydrogens is 248 g/mol. The second-order valence-corrected chi connectivity index (χ2v) is 4.73. The Balaban J connectivity index is 1.92. The van der Waals surface area contributed by atoms with Gasteiger partial charge in [0, 0.05) is 6.54 Å². The molecule has 0 aliphatic carbocycles. The van der Waals surface area contributed by atoms with Crippen molar-refractivity contribution in [3.05, 3.63) is 53.7 Å². The zero-order chi connectivity index (χ0) is 14.2. The van der Waals surface area contributed by atoms with Crippen LogP contribution in [0.1, 0.15) is 31.5 Å². The predicted molar refractivity (Wildman–Crippen MR) is 83.2 cm³/mol. The van der Waals surface area contributed by atoms with E-state index in [-0.39, 0.29) is 0 Å². The van der Waals surface area contributed by atoms with Crippen molar-refractivity contribution in [3.63, 3.8) is 0 Å². The lowest BCUT2D eigenvalue weighted by atomic mass is 10.2. The van der Waals surface area contributed by atoms with Crippen molar-refractivity contribution < 1.29 is 4.74 Å². The van der Waals surface area contributed by atoms with Crippen LogP contribution < -0.4 is 10.1 Å². The monoisotopic (exact) mass is 270 g/mol. The van der Waals surface area contributed by atoms with Crippen LogP contribution in [0.25, 0.3) is 0 Å². The number of hydrogen-bond acceptors (Lipinski definition) is 3. The molecular formula is C17H22N2O. The summed E-state index contributed by atoms with van der Waals surface area (Å²) < 4.78 is 5.76. The molecule has 2 rings (SSSR count). The van der Waals surface area contributed by atoms with E-state index in [0.717, 1.165) is 36.6 Å². The van der Waals surface area contributed by atoms with E-state index < -0.39 is 0 Å². The Morgan fingerprint density at radius 2 is 1.85 bits per heavy atom.